The number of aromatic nitrogens is 1. The van der Waals surface area contributed by atoms with Crippen molar-refractivity contribution >= 4 is 11.5 Å². The van der Waals surface area contributed by atoms with Crippen molar-refractivity contribution in [2.75, 3.05) is 0 Å². The lowest BCUT2D eigenvalue weighted by atomic mass is 10.1. The molecule has 2 aromatic rings. The van der Waals surface area contributed by atoms with E-state index in [1.54, 1.807) is 11.5 Å². The first kappa shape index (κ1) is 11.3. The molecule has 0 aliphatic heterocycles. The van der Waals surface area contributed by atoms with Crippen LogP contribution in [0.2, 0.25) is 0 Å². The van der Waals surface area contributed by atoms with Crippen molar-refractivity contribution in [1.29, 1.82) is 0 Å². The molecule has 0 fully saturated rings. The number of hydrogen-bond donors (Lipinski definition) is 1. The second-order valence-electron chi connectivity index (χ2n) is 4.08. The van der Waals surface area contributed by atoms with E-state index in [-0.39, 0.29) is 0 Å². The summed E-state index contributed by atoms with van der Waals surface area (Å²) in [6, 6.07) is 13.0. The monoisotopic (exact) mass is 232 g/mol. The molecular formula is C13H16N2S. The van der Waals surface area contributed by atoms with Crippen LogP contribution in [-0.4, -0.2) is 10.4 Å². The Morgan fingerprint density at radius 2 is 2.00 bits per heavy atom. The van der Waals surface area contributed by atoms with E-state index in [0.717, 1.165) is 12.2 Å². The van der Waals surface area contributed by atoms with Gasteiger partial charge < -0.3 is 5.32 Å². The highest BCUT2D eigenvalue weighted by Gasteiger charge is 2.04. The summed E-state index contributed by atoms with van der Waals surface area (Å²) in [5.41, 5.74) is 2.26. The van der Waals surface area contributed by atoms with E-state index in [2.05, 4.69) is 41.7 Å². The standard InChI is InChI=1S/C13H16N2S/c1-10(2)14-9-12-8-13(15-16-12)11-6-4-3-5-7-11/h3-8,10,14H,9H2,1-2H3. The average molecular weight is 232 g/mol. The summed E-state index contributed by atoms with van der Waals surface area (Å²) in [5.74, 6) is 0. The van der Waals surface area contributed by atoms with Crippen LogP contribution < -0.4 is 5.32 Å². The molecule has 2 rings (SSSR count). The Balaban J connectivity index is 2.08. The van der Waals surface area contributed by atoms with Crippen LogP contribution in [0.15, 0.2) is 36.4 Å². The molecule has 0 atom stereocenters. The Labute approximate surface area is 100 Å². The van der Waals surface area contributed by atoms with Crippen molar-refractivity contribution in [3.63, 3.8) is 0 Å². The summed E-state index contributed by atoms with van der Waals surface area (Å²) in [7, 11) is 0. The number of nitrogens with one attached hydrogen (secondary N) is 1. The normalized spacial score (nSPS) is 10.9. The van der Waals surface area contributed by atoms with E-state index in [1.807, 2.05) is 18.2 Å². The SMILES string of the molecule is CC(C)NCc1cc(-c2ccccc2)ns1. The maximum atomic E-state index is 4.47. The molecule has 2 nitrogen and oxygen atoms in total. The first-order chi connectivity index (χ1) is 7.75. The second-order valence-corrected chi connectivity index (χ2v) is 4.97. The lowest BCUT2D eigenvalue weighted by molar-refractivity contribution is 0.593. The largest absolute Gasteiger partial charge is 0.310 e. The lowest BCUT2D eigenvalue weighted by Crippen LogP contribution is -2.21. The molecule has 0 amide bonds. The van der Waals surface area contributed by atoms with Crippen molar-refractivity contribution < 1.29 is 0 Å². The highest BCUT2D eigenvalue weighted by Crippen LogP contribution is 2.21. The van der Waals surface area contributed by atoms with Gasteiger partial charge in [-0.1, -0.05) is 44.2 Å². The minimum absolute atomic E-state index is 0.516. The molecule has 1 aromatic carbocycles. The summed E-state index contributed by atoms with van der Waals surface area (Å²) < 4.78 is 4.47. The highest BCUT2D eigenvalue weighted by atomic mass is 32.1. The Kier molecular flexibility index (Phi) is 3.70. The molecule has 84 valence electrons. The van der Waals surface area contributed by atoms with Crippen LogP contribution in [0.4, 0.5) is 0 Å². The van der Waals surface area contributed by atoms with Crippen LogP contribution in [0.3, 0.4) is 0 Å². The molecule has 1 heterocycles. The van der Waals surface area contributed by atoms with Crippen molar-refractivity contribution in [2.45, 2.75) is 26.4 Å². The summed E-state index contributed by atoms with van der Waals surface area (Å²) in [6.45, 7) is 5.21. The third-order valence-electron chi connectivity index (χ3n) is 2.31. The van der Waals surface area contributed by atoms with E-state index in [1.165, 1.54) is 10.4 Å². The predicted octanol–water partition coefficient (Wildman–Crippen LogP) is 3.31. The van der Waals surface area contributed by atoms with Crippen LogP contribution in [0.1, 0.15) is 18.7 Å². The maximum Gasteiger partial charge on any atom is 0.0844 e. The van der Waals surface area contributed by atoms with E-state index < -0.39 is 0 Å². The van der Waals surface area contributed by atoms with E-state index >= 15 is 0 Å². The van der Waals surface area contributed by atoms with Gasteiger partial charge in [0.25, 0.3) is 0 Å². The summed E-state index contributed by atoms with van der Waals surface area (Å²) in [5, 5.41) is 3.40. The number of benzene rings is 1. The minimum Gasteiger partial charge on any atom is -0.310 e. The minimum atomic E-state index is 0.516. The molecule has 1 aromatic heterocycles. The van der Waals surface area contributed by atoms with Gasteiger partial charge in [0.15, 0.2) is 0 Å². The summed E-state index contributed by atoms with van der Waals surface area (Å²) >= 11 is 1.57. The molecule has 0 spiro atoms. The number of hydrogen-bond acceptors (Lipinski definition) is 3. The molecule has 0 aliphatic carbocycles. The zero-order valence-corrected chi connectivity index (χ0v) is 10.4. The van der Waals surface area contributed by atoms with Gasteiger partial charge >= 0.3 is 0 Å². The molecule has 0 radical (unpaired) electrons. The molecule has 0 aliphatic rings. The highest BCUT2D eigenvalue weighted by molar-refractivity contribution is 7.06. The molecule has 3 heteroatoms. The first-order valence-electron chi connectivity index (χ1n) is 5.50. The Morgan fingerprint density at radius 3 is 2.69 bits per heavy atom. The van der Waals surface area contributed by atoms with Gasteiger partial charge in [0.1, 0.15) is 0 Å². The van der Waals surface area contributed by atoms with Gasteiger partial charge in [-0.25, -0.2) is 0 Å². The summed E-state index contributed by atoms with van der Waals surface area (Å²) in [4.78, 5) is 1.28. The Morgan fingerprint density at radius 1 is 1.25 bits per heavy atom. The van der Waals surface area contributed by atoms with Crippen molar-refractivity contribution in [3.05, 3.63) is 41.3 Å². The third kappa shape index (κ3) is 2.90. The fourth-order valence-corrected chi connectivity index (χ4v) is 2.13. The van der Waals surface area contributed by atoms with Crippen molar-refractivity contribution in [1.82, 2.24) is 9.69 Å². The molecule has 0 bridgehead atoms. The van der Waals surface area contributed by atoms with Crippen molar-refractivity contribution in [3.8, 4) is 11.3 Å². The molecule has 0 saturated heterocycles. The van der Waals surface area contributed by atoms with Crippen molar-refractivity contribution in [2.24, 2.45) is 0 Å². The molecular weight excluding hydrogens is 216 g/mol. The second kappa shape index (κ2) is 5.23. The van der Waals surface area contributed by atoms with Gasteiger partial charge in [0.05, 0.1) is 5.69 Å². The summed E-state index contributed by atoms with van der Waals surface area (Å²) in [6.07, 6.45) is 0. The van der Waals surface area contributed by atoms with E-state index in [4.69, 9.17) is 0 Å². The van der Waals surface area contributed by atoms with Gasteiger partial charge in [-0.15, -0.1) is 0 Å². The van der Waals surface area contributed by atoms with Crippen LogP contribution >= 0.6 is 11.5 Å². The Hall–Kier alpha value is -1.19. The van der Waals surface area contributed by atoms with Crippen LogP contribution in [0.25, 0.3) is 11.3 Å². The fourth-order valence-electron chi connectivity index (χ4n) is 1.45. The lowest BCUT2D eigenvalue weighted by Gasteiger charge is -2.04. The van der Waals surface area contributed by atoms with Gasteiger partial charge in [-0.3, -0.25) is 0 Å². The molecule has 0 saturated carbocycles. The van der Waals surface area contributed by atoms with E-state index in [0.29, 0.717) is 6.04 Å². The third-order valence-corrected chi connectivity index (χ3v) is 3.10. The van der Waals surface area contributed by atoms with Gasteiger partial charge in [0.2, 0.25) is 0 Å². The van der Waals surface area contributed by atoms with Crippen LogP contribution in [0, 0.1) is 0 Å². The van der Waals surface area contributed by atoms with Crippen LogP contribution in [-0.2, 0) is 6.54 Å². The predicted molar refractivity (Wildman–Crippen MR) is 69.5 cm³/mol. The Bertz CT molecular complexity index is 434. The molecule has 16 heavy (non-hydrogen) atoms. The zero-order chi connectivity index (χ0) is 11.4. The first-order valence-corrected chi connectivity index (χ1v) is 6.27. The number of rotatable bonds is 4. The smallest absolute Gasteiger partial charge is 0.0844 e. The topological polar surface area (TPSA) is 24.9 Å². The van der Waals surface area contributed by atoms with Gasteiger partial charge in [0, 0.05) is 23.0 Å². The fraction of sp³-hybridized carbons (Fsp3) is 0.308. The molecule has 0 unspecified atom stereocenters. The van der Waals surface area contributed by atoms with Crippen LogP contribution in [0.5, 0.6) is 0 Å². The number of nitrogens with zero attached hydrogens (tertiary/aromatic N) is 1. The van der Waals surface area contributed by atoms with Gasteiger partial charge in [-0.2, -0.15) is 4.37 Å². The van der Waals surface area contributed by atoms with E-state index in [9.17, 15) is 0 Å². The quantitative estimate of drug-likeness (QED) is 0.874. The molecule has 1 N–H and O–H groups in total. The maximum absolute atomic E-state index is 4.47. The average Bonchev–Trinajstić information content (AvgIpc) is 2.76. The zero-order valence-electron chi connectivity index (χ0n) is 9.60. The van der Waals surface area contributed by atoms with Gasteiger partial charge in [-0.05, 0) is 17.6 Å².